The first-order chi connectivity index (χ1) is 34.2. The summed E-state index contributed by atoms with van der Waals surface area (Å²) in [6.45, 7) is 27.0. The average Bonchev–Trinajstić information content (AvgIpc) is 4.04. The number of nitrogens with zero attached hydrogens (tertiary/aromatic N) is 4. The summed E-state index contributed by atoms with van der Waals surface area (Å²) < 4.78 is 12.0. The molecule has 5 nitrogen and oxygen atoms in total. The van der Waals surface area contributed by atoms with E-state index in [1.807, 2.05) is 24.7 Å². The number of fused-ring (bicyclic) bond motifs is 2. The zero-order valence-electron chi connectivity index (χ0n) is 43.8. The number of benzene rings is 7. The average molecular weight is 1120 g/mol. The quantitative estimate of drug-likeness (QED) is 0.0905. The van der Waals surface area contributed by atoms with E-state index >= 15 is 0 Å². The van der Waals surface area contributed by atoms with Crippen molar-refractivity contribution < 1.29 is 25.8 Å². The Hall–Kier alpha value is -6.42. The molecular formula is C64H64B2N4OPt. The maximum atomic E-state index is 7.56. The van der Waals surface area contributed by atoms with E-state index < -0.39 is 0 Å². The number of rotatable bonds is 12. The van der Waals surface area contributed by atoms with E-state index in [1.54, 1.807) is 0 Å². The topological polar surface area (TPSA) is 44.9 Å². The van der Waals surface area contributed by atoms with Crippen molar-refractivity contribution in [1.29, 1.82) is 0 Å². The summed E-state index contributed by atoms with van der Waals surface area (Å²) >= 11 is 0. The van der Waals surface area contributed by atoms with Crippen molar-refractivity contribution in [1.82, 2.24) is 19.1 Å². The van der Waals surface area contributed by atoms with Crippen LogP contribution in [0.2, 0.25) is 0 Å². The van der Waals surface area contributed by atoms with Crippen LogP contribution < -0.4 is 37.5 Å². The van der Waals surface area contributed by atoms with Gasteiger partial charge in [0.25, 0.3) is 0 Å². The number of aromatic nitrogens is 4. The molecule has 0 atom stereocenters. The normalized spacial score (nSPS) is 12.2. The molecule has 3 heterocycles. The molecule has 0 amide bonds. The predicted molar refractivity (Wildman–Crippen MR) is 300 cm³/mol. The molecule has 0 fully saturated rings. The molecule has 2 aromatic heterocycles. The fourth-order valence-electron chi connectivity index (χ4n) is 11.7. The second-order valence-corrected chi connectivity index (χ2v) is 20.9. The van der Waals surface area contributed by atoms with Crippen LogP contribution in [0.1, 0.15) is 124 Å². The second-order valence-electron chi connectivity index (χ2n) is 20.9. The van der Waals surface area contributed by atoms with Gasteiger partial charge in [0.2, 0.25) is 6.71 Å². The van der Waals surface area contributed by atoms with Gasteiger partial charge in [0.1, 0.15) is 0 Å². The van der Waals surface area contributed by atoms with Gasteiger partial charge in [0.15, 0.2) is 6.71 Å². The predicted octanol–water partition coefficient (Wildman–Crippen LogP) is 11.9. The van der Waals surface area contributed by atoms with Gasteiger partial charge in [0.05, 0.1) is 11.6 Å². The van der Waals surface area contributed by atoms with Gasteiger partial charge >= 0.3 is 21.1 Å². The third-order valence-corrected chi connectivity index (χ3v) is 14.8. The Morgan fingerprint density at radius 2 is 0.861 bits per heavy atom. The molecule has 0 N–H and O–H groups in total. The first kappa shape index (κ1) is 50.5. The van der Waals surface area contributed by atoms with Gasteiger partial charge in [-0.3, -0.25) is 9.97 Å². The number of hydrogen-bond donors (Lipinski definition) is 0. The maximum absolute atomic E-state index is 7.56. The number of hydrogen-bond acceptors (Lipinski definition) is 3. The third-order valence-electron chi connectivity index (χ3n) is 14.8. The Morgan fingerprint density at radius 1 is 0.444 bits per heavy atom. The molecule has 9 aromatic rings. The van der Waals surface area contributed by atoms with Crippen LogP contribution in [0, 0.1) is 39.8 Å². The van der Waals surface area contributed by atoms with E-state index in [0.717, 1.165) is 39.6 Å². The minimum Gasteiger partial charge on any atom is -0.497 e. The molecule has 1 aliphatic rings. The molecule has 72 heavy (non-hydrogen) atoms. The van der Waals surface area contributed by atoms with Crippen LogP contribution in [0.25, 0.3) is 34.2 Å². The van der Waals surface area contributed by atoms with Crippen molar-refractivity contribution in [2.24, 2.45) is 0 Å². The smallest absolute Gasteiger partial charge is 0.497 e. The molecule has 0 saturated carbocycles. The third kappa shape index (κ3) is 8.97. The summed E-state index contributed by atoms with van der Waals surface area (Å²) in [5.41, 5.74) is 21.7. The SMILES string of the molecule is Cc1cccc(C)c1-n1ccnc1-c1[c-]c(Oc2[c-]c(-c3nccn3-c3c(C)cccc3C)cc3c2B(c2c(C(C)C)cccc2C(C)C)c2ccccc2B3c2c(C(C)C)cccc2C(C)C)ccc1.[Pt+2]. The van der Waals surface area contributed by atoms with Crippen LogP contribution in [0.5, 0.6) is 11.5 Å². The van der Waals surface area contributed by atoms with E-state index in [0.29, 0.717) is 11.5 Å². The molecule has 0 unspecified atom stereocenters. The zero-order chi connectivity index (χ0) is 49.8. The molecule has 0 bridgehead atoms. The second kappa shape index (κ2) is 20.6. The zero-order valence-corrected chi connectivity index (χ0v) is 46.1. The Balaban J connectivity index is 0.00000640. The van der Waals surface area contributed by atoms with Crippen molar-refractivity contribution in [3.8, 4) is 45.6 Å². The molecule has 10 rings (SSSR count). The number of para-hydroxylation sites is 2. The molecular weight excluding hydrogens is 1060 g/mol. The van der Waals surface area contributed by atoms with E-state index in [-0.39, 0.29) is 58.2 Å². The van der Waals surface area contributed by atoms with Crippen molar-refractivity contribution in [3.63, 3.8) is 0 Å². The number of ether oxygens (including phenoxy) is 1. The van der Waals surface area contributed by atoms with Crippen molar-refractivity contribution >= 4 is 46.2 Å². The Morgan fingerprint density at radius 3 is 1.33 bits per heavy atom. The van der Waals surface area contributed by atoms with Gasteiger partial charge < -0.3 is 13.9 Å². The maximum Gasteiger partial charge on any atom is 2.00 e. The fraction of sp³-hybridized carbons (Fsp3) is 0.250. The molecule has 1 aliphatic heterocycles. The van der Waals surface area contributed by atoms with Crippen molar-refractivity contribution in [3.05, 3.63) is 203 Å². The largest absolute Gasteiger partial charge is 2.00 e. The summed E-state index contributed by atoms with van der Waals surface area (Å²) in [4.78, 5) is 10.1. The summed E-state index contributed by atoms with van der Waals surface area (Å²) in [5.74, 6) is 3.99. The molecule has 0 saturated heterocycles. The molecule has 0 radical (unpaired) electrons. The van der Waals surface area contributed by atoms with E-state index in [9.17, 15) is 0 Å². The first-order valence-corrected chi connectivity index (χ1v) is 25.6. The number of aryl methyl sites for hydroxylation is 4. The molecule has 0 aliphatic carbocycles. The van der Waals surface area contributed by atoms with Gasteiger partial charge in [0, 0.05) is 47.7 Å². The van der Waals surface area contributed by atoms with Crippen LogP contribution >= 0.6 is 0 Å². The minimum atomic E-state index is -0.174. The van der Waals surface area contributed by atoms with Gasteiger partial charge in [-0.1, -0.05) is 198 Å². The van der Waals surface area contributed by atoms with Crippen LogP contribution in [0.15, 0.2) is 146 Å². The standard InChI is InChI=1S/C64H64B2N4O.Pt/c1-39(2)50-26-18-27-51(40(3)4)58(50)65-54-30-13-14-31-55(54)66(59-52(41(5)6)28-19-29-53(59)42(7)8)60-56(65)37-48(64-68-33-35-70(64)62-45(11)22-16-23-46(62)12)38-57(60)71-49-25-17-24-47(36-49)63-67-32-34-69(63)61-43(9)20-15-21-44(61)10;/h13-35,37,39-42H,1-12H3;/q-2;+2. The van der Waals surface area contributed by atoms with Crippen molar-refractivity contribution in [2.45, 2.75) is 107 Å². The van der Waals surface area contributed by atoms with Crippen molar-refractivity contribution in [2.75, 3.05) is 0 Å². The van der Waals surface area contributed by atoms with Gasteiger partial charge in [-0.15, -0.1) is 40.9 Å². The van der Waals surface area contributed by atoms with E-state index in [4.69, 9.17) is 14.7 Å². The summed E-state index contributed by atoms with van der Waals surface area (Å²) in [7, 11) is 0. The Labute approximate surface area is 443 Å². The molecule has 7 aromatic carbocycles. The minimum absolute atomic E-state index is 0. The first-order valence-electron chi connectivity index (χ1n) is 25.6. The summed E-state index contributed by atoms with van der Waals surface area (Å²) in [6.07, 6.45) is 7.91. The van der Waals surface area contributed by atoms with Crippen LogP contribution in [0.4, 0.5) is 0 Å². The monoisotopic (exact) mass is 1120 g/mol. The molecule has 8 heteroatoms. The van der Waals surface area contributed by atoms with Crippen LogP contribution in [-0.2, 0) is 21.1 Å². The molecule has 0 spiro atoms. The Kier molecular flexibility index (Phi) is 14.5. The number of imidazole rings is 2. The van der Waals surface area contributed by atoms with Gasteiger partial charge in [-0.25, -0.2) is 0 Å². The summed E-state index contributed by atoms with van der Waals surface area (Å²) in [6, 6.07) is 52.4. The summed E-state index contributed by atoms with van der Waals surface area (Å²) in [5, 5.41) is 0. The van der Waals surface area contributed by atoms with Crippen LogP contribution in [-0.4, -0.2) is 32.5 Å². The van der Waals surface area contributed by atoms with Crippen LogP contribution in [0.3, 0.4) is 0 Å². The molecule has 362 valence electrons. The van der Waals surface area contributed by atoms with Gasteiger partial charge in [-0.2, -0.15) is 5.46 Å². The van der Waals surface area contributed by atoms with E-state index in [2.05, 4.69) is 226 Å². The Bertz CT molecular complexity index is 3360. The fourth-order valence-corrected chi connectivity index (χ4v) is 11.7. The van der Waals surface area contributed by atoms with E-state index in [1.165, 1.54) is 71.8 Å². The van der Waals surface area contributed by atoms with Gasteiger partial charge in [-0.05, 0) is 84.7 Å².